The van der Waals surface area contributed by atoms with Crippen molar-refractivity contribution in [1.82, 2.24) is 0 Å². The van der Waals surface area contributed by atoms with E-state index in [0.29, 0.717) is 19.3 Å². The first-order chi connectivity index (χ1) is 7.25. The molecule has 1 fully saturated rings. The van der Waals surface area contributed by atoms with Gasteiger partial charge in [0, 0.05) is 12.8 Å². The molecule has 3 heteroatoms. The highest BCUT2D eigenvalue weighted by Gasteiger charge is 2.29. The predicted molar refractivity (Wildman–Crippen MR) is 55.3 cm³/mol. The molecule has 1 aromatic carbocycles. The fraction of sp³-hybridized carbons (Fsp3) is 0.417. The van der Waals surface area contributed by atoms with Crippen LogP contribution < -0.4 is 0 Å². The zero-order valence-electron chi connectivity index (χ0n) is 8.43. The summed E-state index contributed by atoms with van der Waals surface area (Å²) in [5, 5.41) is 9.84. The molecule has 1 aliphatic heterocycles. The number of aliphatic hydroxyl groups is 1. The van der Waals surface area contributed by atoms with Gasteiger partial charge in [0.1, 0.15) is 6.10 Å². The van der Waals surface area contributed by atoms with E-state index in [-0.39, 0.29) is 12.1 Å². The van der Waals surface area contributed by atoms with Crippen molar-refractivity contribution in [1.29, 1.82) is 0 Å². The molecule has 1 N–H and O–H groups in total. The lowest BCUT2D eigenvalue weighted by molar-refractivity contribution is -0.145. The van der Waals surface area contributed by atoms with Gasteiger partial charge in [0.25, 0.3) is 0 Å². The second-order valence-electron chi connectivity index (χ2n) is 3.82. The average Bonchev–Trinajstić information content (AvgIpc) is 2.66. The number of benzene rings is 1. The molecule has 0 amide bonds. The first kappa shape index (κ1) is 10.2. The number of carbonyl (C=O) groups excluding carboxylic acids is 1. The summed E-state index contributed by atoms with van der Waals surface area (Å²) in [5.41, 5.74) is 1.06. The Morgan fingerprint density at radius 2 is 2.13 bits per heavy atom. The van der Waals surface area contributed by atoms with Gasteiger partial charge in [-0.15, -0.1) is 0 Å². The summed E-state index contributed by atoms with van der Waals surface area (Å²) in [6.45, 7) is 0. The molecule has 0 radical (unpaired) electrons. The van der Waals surface area contributed by atoms with Crippen LogP contribution in [0.1, 0.15) is 18.4 Å². The summed E-state index contributed by atoms with van der Waals surface area (Å²) in [6, 6.07) is 9.72. The minimum absolute atomic E-state index is 0.202. The average molecular weight is 206 g/mol. The SMILES string of the molecule is O=C1CC[C@@H]([C@@H](O)Cc2ccccc2)O1. The predicted octanol–water partition coefficient (Wildman–Crippen LogP) is 1.30. The van der Waals surface area contributed by atoms with E-state index in [1.165, 1.54) is 0 Å². The number of cyclic esters (lactones) is 1. The van der Waals surface area contributed by atoms with Gasteiger partial charge in [0.2, 0.25) is 0 Å². The first-order valence-electron chi connectivity index (χ1n) is 5.17. The smallest absolute Gasteiger partial charge is 0.306 e. The van der Waals surface area contributed by atoms with Gasteiger partial charge in [0.05, 0.1) is 6.10 Å². The maximum atomic E-state index is 10.9. The van der Waals surface area contributed by atoms with Gasteiger partial charge in [-0.2, -0.15) is 0 Å². The monoisotopic (exact) mass is 206 g/mol. The topological polar surface area (TPSA) is 46.5 Å². The minimum Gasteiger partial charge on any atom is -0.460 e. The summed E-state index contributed by atoms with van der Waals surface area (Å²) in [5.74, 6) is -0.202. The maximum absolute atomic E-state index is 10.9. The Morgan fingerprint density at radius 3 is 2.73 bits per heavy atom. The highest BCUT2D eigenvalue weighted by Crippen LogP contribution is 2.19. The van der Waals surface area contributed by atoms with Crippen LogP contribution in [-0.4, -0.2) is 23.3 Å². The molecule has 1 saturated heterocycles. The van der Waals surface area contributed by atoms with E-state index >= 15 is 0 Å². The van der Waals surface area contributed by atoms with Crippen LogP contribution in [0.4, 0.5) is 0 Å². The van der Waals surface area contributed by atoms with Crippen LogP contribution in [0.5, 0.6) is 0 Å². The molecule has 1 aromatic rings. The van der Waals surface area contributed by atoms with Crippen molar-refractivity contribution >= 4 is 5.97 Å². The zero-order valence-corrected chi connectivity index (χ0v) is 8.43. The van der Waals surface area contributed by atoms with Crippen LogP contribution in [0, 0.1) is 0 Å². The van der Waals surface area contributed by atoms with E-state index < -0.39 is 6.10 Å². The van der Waals surface area contributed by atoms with Crippen molar-refractivity contribution in [2.45, 2.75) is 31.5 Å². The zero-order chi connectivity index (χ0) is 10.7. The van der Waals surface area contributed by atoms with Crippen molar-refractivity contribution in [3.63, 3.8) is 0 Å². The Bertz CT molecular complexity index is 334. The largest absolute Gasteiger partial charge is 0.460 e. The van der Waals surface area contributed by atoms with E-state index in [1.54, 1.807) is 0 Å². The van der Waals surface area contributed by atoms with Gasteiger partial charge in [-0.05, 0) is 12.0 Å². The Kier molecular flexibility index (Phi) is 3.02. The van der Waals surface area contributed by atoms with E-state index in [0.717, 1.165) is 5.56 Å². The van der Waals surface area contributed by atoms with Crippen LogP contribution in [0.15, 0.2) is 30.3 Å². The van der Waals surface area contributed by atoms with E-state index in [1.807, 2.05) is 30.3 Å². The van der Waals surface area contributed by atoms with Gasteiger partial charge < -0.3 is 9.84 Å². The molecule has 2 atom stereocenters. The summed E-state index contributed by atoms with van der Waals surface area (Å²) in [4.78, 5) is 10.9. The Hall–Kier alpha value is -1.35. The van der Waals surface area contributed by atoms with E-state index in [4.69, 9.17) is 4.74 Å². The lowest BCUT2D eigenvalue weighted by Gasteiger charge is -2.16. The third-order valence-electron chi connectivity index (χ3n) is 2.63. The summed E-state index contributed by atoms with van der Waals surface area (Å²) in [6.07, 6.45) is 0.693. The molecule has 0 bridgehead atoms. The van der Waals surface area contributed by atoms with Crippen LogP contribution >= 0.6 is 0 Å². The van der Waals surface area contributed by atoms with Crippen LogP contribution in [-0.2, 0) is 16.0 Å². The lowest BCUT2D eigenvalue weighted by Crippen LogP contribution is -2.27. The molecule has 3 nitrogen and oxygen atoms in total. The Morgan fingerprint density at radius 1 is 1.40 bits per heavy atom. The fourth-order valence-electron chi connectivity index (χ4n) is 1.80. The summed E-state index contributed by atoms with van der Waals surface area (Å²) >= 11 is 0. The van der Waals surface area contributed by atoms with Crippen molar-refractivity contribution in [3.8, 4) is 0 Å². The summed E-state index contributed by atoms with van der Waals surface area (Å²) < 4.78 is 5.01. The quantitative estimate of drug-likeness (QED) is 0.758. The van der Waals surface area contributed by atoms with Crippen LogP contribution in [0.2, 0.25) is 0 Å². The number of rotatable bonds is 3. The first-order valence-corrected chi connectivity index (χ1v) is 5.17. The number of carbonyl (C=O) groups is 1. The van der Waals surface area contributed by atoms with Crippen molar-refractivity contribution in [3.05, 3.63) is 35.9 Å². The highest BCUT2D eigenvalue weighted by molar-refractivity contribution is 5.71. The standard InChI is InChI=1S/C12H14O3/c13-10(11-6-7-12(14)15-11)8-9-4-2-1-3-5-9/h1-5,10-11,13H,6-8H2/t10-,11-/m0/s1. The third kappa shape index (κ3) is 2.57. The molecular formula is C12H14O3. The number of esters is 1. The normalized spacial score (nSPS) is 22.5. The fourth-order valence-corrected chi connectivity index (χ4v) is 1.80. The van der Waals surface area contributed by atoms with E-state index in [2.05, 4.69) is 0 Å². The third-order valence-corrected chi connectivity index (χ3v) is 2.63. The highest BCUT2D eigenvalue weighted by atomic mass is 16.6. The second-order valence-corrected chi connectivity index (χ2v) is 3.82. The van der Waals surface area contributed by atoms with Gasteiger partial charge in [-0.1, -0.05) is 30.3 Å². The second kappa shape index (κ2) is 4.45. The lowest BCUT2D eigenvalue weighted by atomic mass is 10.0. The van der Waals surface area contributed by atoms with Crippen LogP contribution in [0.25, 0.3) is 0 Å². The molecule has 1 aliphatic rings. The number of ether oxygens (including phenoxy) is 1. The number of aliphatic hydroxyl groups excluding tert-OH is 1. The Balaban J connectivity index is 1.92. The van der Waals surface area contributed by atoms with Crippen molar-refractivity contribution < 1.29 is 14.6 Å². The molecule has 0 spiro atoms. The molecular weight excluding hydrogens is 192 g/mol. The minimum atomic E-state index is -0.584. The molecule has 1 heterocycles. The van der Waals surface area contributed by atoms with Crippen LogP contribution in [0.3, 0.4) is 0 Å². The van der Waals surface area contributed by atoms with Gasteiger partial charge in [-0.3, -0.25) is 4.79 Å². The maximum Gasteiger partial charge on any atom is 0.306 e. The van der Waals surface area contributed by atoms with Crippen molar-refractivity contribution in [2.24, 2.45) is 0 Å². The molecule has 0 aliphatic carbocycles. The molecule has 0 aromatic heterocycles. The van der Waals surface area contributed by atoms with Gasteiger partial charge in [-0.25, -0.2) is 0 Å². The molecule has 2 rings (SSSR count). The van der Waals surface area contributed by atoms with E-state index in [9.17, 15) is 9.90 Å². The molecule has 0 unspecified atom stereocenters. The molecule has 0 saturated carbocycles. The summed E-state index contributed by atoms with van der Waals surface area (Å²) in [7, 11) is 0. The Labute approximate surface area is 88.7 Å². The molecule has 15 heavy (non-hydrogen) atoms. The van der Waals surface area contributed by atoms with Gasteiger partial charge in [0.15, 0.2) is 0 Å². The molecule has 80 valence electrons. The number of hydrogen-bond donors (Lipinski definition) is 1. The van der Waals surface area contributed by atoms with Gasteiger partial charge >= 0.3 is 5.97 Å². The number of hydrogen-bond acceptors (Lipinski definition) is 3. The van der Waals surface area contributed by atoms with Crippen molar-refractivity contribution in [2.75, 3.05) is 0 Å².